The van der Waals surface area contributed by atoms with E-state index in [0.717, 1.165) is 41.1 Å². The van der Waals surface area contributed by atoms with Gasteiger partial charge in [0.15, 0.2) is 5.11 Å². The number of aromatic nitrogens is 2. The van der Waals surface area contributed by atoms with Gasteiger partial charge < -0.3 is 19.7 Å². The van der Waals surface area contributed by atoms with E-state index < -0.39 is 0 Å². The molecule has 0 radical (unpaired) electrons. The lowest BCUT2D eigenvalue weighted by molar-refractivity contribution is 0.438. The number of hydrogen-bond donors (Lipinski definition) is 1. The highest BCUT2D eigenvalue weighted by molar-refractivity contribution is 7.80. The van der Waals surface area contributed by atoms with Gasteiger partial charge in [-0.05, 0) is 119 Å². The number of rotatable bonds is 5. The summed E-state index contributed by atoms with van der Waals surface area (Å²) in [6, 6.07) is 19.2. The average Bonchev–Trinajstić information content (AvgIpc) is 3.44. The van der Waals surface area contributed by atoms with Crippen LogP contribution in [0.3, 0.4) is 0 Å². The standard InChI is InChI=1S/C35H40ClN5S/c1-21-12-15-39(16-13-21)31-11-10-27(20-29(31)36)41-34(32(38-35(41)42)30-9-7-8-14-37-30)28-19-25(5)40(26(28)6)33-23(3)17-22(2)18-24(33)4/h7-11,14,17-21,32,34H,12-13,15-16H2,1-6H3,(H,38,42)/t32-,34+/m1/s1. The summed E-state index contributed by atoms with van der Waals surface area (Å²) in [7, 11) is 0. The van der Waals surface area contributed by atoms with Crippen LogP contribution in [0.25, 0.3) is 5.69 Å². The summed E-state index contributed by atoms with van der Waals surface area (Å²) in [5.74, 6) is 0.767. The molecule has 6 rings (SSSR count). The fourth-order valence-electron chi connectivity index (χ4n) is 7.06. The van der Waals surface area contributed by atoms with Crippen LogP contribution >= 0.6 is 23.8 Å². The lowest BCUT2D eigenvalue weighted by atomic mass is 9.96. The molecule has 0 unspecified atom stereocenters. The topological polar surface area (TPSA) is 36.3 Å². The minimum atomic E-state index is -0.116. The lowest BCUT2D eigenvalue weighted by Gasteiger charge is -2.33. The van der Waals surface area contributed by atoms with Crippen molar-refractivity contribution in [3.63, 3.8) is 0 Å². The predicted molar refractivity (Wildman–Crippen MR) is 179 cm³/mol. The first-order chi connectivity index (χ1) is 20.1. The molecule has 0 amide bonds. The summed E-state index contributed by atoms with van der Waals surface area (Å²) in [5.41, 5.74) is 11.8. The van der Waals surface area contributed by atoms with Gasteiger partial charge in [0, 0.05) is 36.4 Å². The van der Waals surface area contributed by atoms with Crippen molar-refractivity contribution in [3.05, 3.63) is 105 Å². The first-order valence-electron chi connectivity index (χ1n) is 15.0. The SMILES string of the molecule is Cc1cc(C)c(-n2c(C)cc([C@H]3[C@@H](c4ccccn4)NC(=S)N3c3ccc(N4CCC(C)CC4)c(Cl)c3)c2C)c(C)c1. The van der Waals surface area contributed by atoms with Crippen molar-refractivity contribution in [1.82, 2.24) is 14.9 Å². The minimum Gasteiger partial charge on any atom is -0.370 e. The third-order valence-electron chi connectivity index (χ3n) is 9.08. The van der Waals surface area contributed by atoms with E-state index in [2.05, 4.69) is 104 Å². The van der Waals surface area contributed by atoms with Gasteiger partial charge in [-0.3, -0.25) is 4.98 Å². The Bertz CT molecular complexity index is 1610. The number of aryl methyl sites for hydroxylation is 4. The molecule has 2 aliphatic heterocycles. The number of nitrogens with zero attached hydrogens (tertiary/aromatic N) is 4. The predicted octanol–water partition coefficient (Wildman–Crippen LogP) is 8.48. The molecule has 4 aromatic rings. The number of benzene rings is 2. The van der Waals surface area contributed by atoms with Crippen LogP contribution in [-0.4, -0.2) is 27.8 Å². The molecular formula is C35H40ClN5S. The number of thiocarbonyl (C=S) groups is 1. The van der Waals surface area contributed by atoms with Crippen molar-refractivity contribution < 1.29 is 0 Å². The van der Waals surface area contributed by atoms with Gasteiger partial charge in [-0.15, -0.1) is 0 Å². The zero-order chi connectivity index (χ0) is 29.7. The van der Waals surface area contributed by atoms with Crippen molar-refractivity contribution >= 4 is 40.3 Å². The van der Waals surface area contributed by atoms with Crippen LogP contribution in [0, 0.1) is 40.5 Å². The Balaban J connectivity index is 1.46. The molecule has 0 spiro atoms. The average molecular weight is 598 g/mol. The maximum Gasteiger partial charge on any atom is 0.174 e. The van der Waals surface area contributed by atoms with Gasteiger partial charge in [-0.25, -0.2) is 0 Å². The smallest absolute Gasteiger partial charge is 0.174 e. The van der Waals surface area contributed by atoms with Crippen LogP contribution < -0.4 is 15.1 Å². The number of halogens is 1. The molecule has 0 saturated carbocycles. The first-order valence-corrected chi connectivity index (χ1v) is 15.7. The monoisotopic (exact) mass is 597 g/mol. The number of piperidine rings is 1. The Kier molecular flexibility index (Phi) is 7.79. The molecule has 0 aliphatic carbocycles. The summed E-state index contributed by atoms with van der Waals surface area (Å²) < 4.78 is 2.40. The second-order valence-corrected chi connectivity index (χ2v) is 13.0. The molecule has 2 aliphatic rings. The van der Waals surface area contributed by atoms with Crippen molar-refractivity contribution in [2.24, 2.45) is 5.92 Å². The first kappa shape index (κ1) is 28.8. The van der Waals surface area contributed by atoms with E-state index >= 15 is 0 Å². The van der Waals surface area contributed by atoms with Crippen molar-refractivity contribution in [2.45, 2.75) is 66.5 Å². The van der Waals surface area contributed by atoms with Gasteiger partial charge in [0.1, 0.15) is 0 Å². The quantitative estimate of drug-likeness (QED) is 0.233. The van der Waals surface area contributed by atoms with Crippen molar-refractivity contribution in [3.8, 4) is 5.69 Å². The summed E-state index contributed by atoms with van der Waals surface area (Å²) in [6.45, 7) is 15.4. The zero-order valence-corrected chi connectivity index (χ0v) is 27.0. The lowest BCUT2D eigenvalue weighted by Crippen LogP contribution is -2.33. The van der Waals surface area contributed by atoms with Crippen LogP contribution in [0.15, 0.2) is 60.8 Å². The fourth-order valence-corrected chi connectivity index (χ4v) is 7.70. The Hall–Kier alpha value is -3.35. The molecule has 1 N–H and O–H groups in total. The second kappa shape index (κ2) is 11.4. The molecule has 42 heavy (non-hydrogen) atoms. The van der Waals surface area contributed by atoms with Crippen LogP contribution in [-0.2, 0) is 0 Å². The van der Waals surface area contributed by atoms with Crippen molar-refractivity contribution in [2.75, 3.05) is 22.9 Å². The third kappa shape index (κ3) is 5.09. The highest BCUT2D eigenvalue weighted by Crippen LogP contribution is 2.45. The van der Waals surface area contributed by atoms with Gasteiger partial charge >= 0.3 is 0 Å². The number of nitrogens with one attached hydrogen (secondary N) is 1. The Morgan fingerprint density at radius 1 is 0.929 bits per heavy atom. The Labute approximate surface area is 260 Å². The molecule has 2 aromatic heterocycles. The number of pyridine rings is 1. The van der Waals surface area contributed by atoms with E-state index in [1.54, 1.807) is 0 Å². The van der Waals surface area contributed by atoms with Crippen molar-refractivity contribution in [1.29, 1.82) is 0 Å². The van der Waals surface area contributed by atoms with Gasteiger partial charge in [-0.1, -0.05) is 42.3 Å². The Morgan fingerprint density at radius 3 is 2.29 bits per heavy atom. The summed E-state index contributed by atoms with van der Waals surface area (Å²) >= 11 is 13.1. The fraction of sp³-hybridized carbons (Fsp3) is 0.371. The molecule has 218 valence electrons. The van der Waals surface area contributed by atoms with E-state index in [0.29, 0.717) is 5.11 Å². The summed E-state index contributed by atoms with van der Waals surface area (Å²) in [6.07, 6.45) is 4.25. The number of hydrogen-bond acceptors (Lipinski definition) is 3. The summed E-state index contributed by atoms with van der Waals surface area (Å²) in [4.78, 5) is 9.42. The zero-order valence-electron chi connectivity index (χ0n) is 25.4. The van der Waals surface area contributed by atoms with Crippen LogP contribution in [0.5, 0.6) is 0 Å². The van der Waals surface area contributed by atoms with Gasteiger partial charge in [0.2, 0.25) is 0 Å². The normalized spacial score (nSPS) is 19.5. The van der Waals surface area contributed by atoms with E-state index in [-0.39, 0.29) is 12.1 Å². The van der Waals surface area contributed by atoms with E-state index in [1.807, 2.05) is 18.3 Å². The van der Waals surface area contributed by atoms with Crippen LogP contribution in [0.4, 0.5) is 11.4 Å². The molecule has 4 heterocycles. The number of anilines is 2. The van der Waals surface area contributed by atoms with E-state index in [4.69, 9.17) is 28.8 Å². The molecular weight excluding hydrogens is 558 g/mol. The maximum absolute atomic E-state index is 7.01. The van der Waals surface area contributed by atoms with E-state index in [9.17, 15) is 0 Å². The van der Waals surface area contributed by atoms with E-state index in [1.165, 1.54) is 52.2 Å². The molecule has 2 atom stereocenters. The molecule has 2 aromatic carbocycles. The third-order valence-corrected chi connectivity index (χ3v) is 9.70. The second-order valence-electron chi connectivity index (χ2n) is 12.2. The van der Waals surface area contributed by atoms with Crippen LogP contribution in [0.2, 0.25) is 5.02 Å². The molecule has 0 bridgehead atoms. The highest BCUT2D eigenvalue weighted by Gasteiger charge is 2.42. The molecule has 7 heteroatoms. The Morgan fingerprint density at radius 2 is 1.64 bits per heavy atom. The highest BCUT2D eigenvalue weighted by atomic mass is 35.5. The van der Waals surface area contributed by atoms with Crippen LogP contribution in [0.1, 0.15) is 71.2 Å². The van der Waals surface area contributed by atoms with Gasteiger partial charge in [-0.2, -0.15) is 0 Å². The minimum absolute atomic E-state index is 0.101. The summed E-state index contributed by atoms with van der Waals surface area (Å²) in [5, 5.41) is 5.07. The molecule has 5 nitrogen and oxygen atoms in total. The molecule has 2 fully saturated rings. The maximum atomic E-state index is 7.01. The van der Waals surface area contributed by atoms with Gasteiger partial charge in [0.25, 0.3) is 0 Å². The molecule has 2 saturated heterocycles. The van der Waals surface area contributed by atoms with Gasteiger partial charge in [0.05, 0.1) is 34.2 Å². The largest absolute Gasteiger partial charge is 0.370 e.